The van der Waals surface area contributed by atoms with Crippen molar-refractivity contribution in [3.05, 3.63) is 35.0 Å². The number of fused-ring (bicyclic) bond motifs is 1. The molecule has 3 rings (SSSR count). The maximum absolute atomic E-state index is 6.39. The summed E-state index contributed by atoms with van der Waals surface area (Å²) in [5, 5.41) is 2.13. The van der Waals surface area contributed by atoms with E-state index in [0.717, 1.165) is 18.1 Å². The molecule has 0 spiro atoms. The summed E-state index contributed by atoms with van der Waals surface area (Å²) in [6, 6.07) is 6.20. The third-order valence-electron chi connectivity index (χ3n) is 3.87. The van der Waals surface area contributed by atoms with Gasteiger partial charge in [0.1, 0.15) is 0 Å². The molecule has 2 nitrogen and oxygen atoms in total. The molecule has 96 valence electrons. The van der Waals surface area contributed by atoms with Crippen LogP contribution in [-0.2, 0) is 13.1 Å². The van der Waals surface area contributed by atoms with E-state index in [9.17, 15) is 0 Å². The maximum Gasteiger partial charge on any atom is 0.0503 e. The van der Waals surface area contributed by atoms with Crippen LogP contribution >= 0.6 is 11.6 Å². The fraction of sp³-hybridized carbons (Fsp3) is 0.467. The zero-order chi connectivity index (χ0) is 12.5. The zero-order valence-corrected chi connectivity index (χ0v) is 11.6. The molecule has 0 atom stereocenters. The molecule has 1 aromatic heterocycles. The third kappa shape index (κ3) is 2.04. The van der Waals surface area contributed by atoms with Gasteiger partial charge >= 0.3 is 0 Å². The van der Waals surface area contributed by atoms with Gasteiger partial charge in [-0.3, -0.25) is 4.90 Å². The molecule has 0 unspecified atom stereocenters. The highest BCUT2D eigenvalue weighted by Crippen LogP contribution is 2.30. The number of aromatic nitrogens is 1. The van der Waals surface area contributed by atoms with Crippen LogP contribution in [0.2, 0.25) is 5.02 Å². The molecule has 2 heterocycles. The summed E-state index contributed by atoms with van der Waals surface area (Å²) in [6.45, 7) is 6.66. The van der Waals surface area contributed by atoms with Gasteiger partial charge < -0.3 is 4.57 Å². The largest absolute Gasteiger partial charge is 0.347 e. The molecule has 0 radical (unpaired) electrons. The number of aryl methyl sites for hydroxylation is 1. The smallest absolute Gasteiger partial charge is 0.0503 e. The van der Waals surface area contributed by atoms with Gasteiger partial charge in [-0.15, -0.1) is 0 Å². The van der Waals surface area contributed by atoms with Crippen molar-refractivity contribution < 1.29 is 0 Å². The highest BCUT2D eigenvalue weighted by Gasteiger charge is 2.16. The number of likely N-dealkylation sites (tertiary alicyclic amines) is 1. The van der Waals surface area contributed by atoms with Gasteiger partial charge in [-0.05, 0) is 50.6 Å². The Hall–Kier alpha value is -0.990. The monoisotopic (exact) mass is 262 g/mol. The van der Waals surface area contributed by atoms with E-state index in [4.69, 9.17) is 11.6 Å². The minimum Gasteiger partial charge on any atom is -0.347 e. The van der Waals surface area contributed by atoms with Crippen molar-refractivity contribution in [2.24, 2.45) is 0 Å². The van der Waals surface area contributed by atoms with Crippen molar-refractivity contribution in [3.63, 3.8) is 0 Å². The first kappa shape index (κ1) is 12.1. The first-order chi connectivity index (χ1) is 8.79. The van der Waals surface area contributed by atoms with Crippen LogP contribution in [-0.4, -0.2) is 22.6 Å². The Morgan fingerprint density at radius 2 is 2.00 bits per heavy atom. The van der Waals surface area contributed by atoms with Gasteiger partial charge in [0.2, 0.25) is 0 Å². The van der Waals surface area contributed by atoms with Crippen LogP contribution in [0.25, 0.3) is 10.9 Å². The van der Waals surface area contributed by atoms with Gasteiger partial charge in [-0.2, -0.15) is 0 Å². The van der Waals surface area contributed by atoms with Gasteiger partial charge in [-0.1, -0.05) is 17.7 Å². The van der Waals surface area contributed by atoms with Crippen molar-refractivity contribution in [3.8, 4) is 0 Å². The Labute approximate surface area is 113 Å². The number of hydrogen-bond donors (Lipinski definition) is 0. The quantitative estimate of drug-likeness (QED) is 0.814. The Bertz CT molecular complexity index is 553. The first-order valence-corrected chi connectivity index (χ1v) is 7.16. The van der Waals surface area contributed by atoms with E-state index in [1.54, 1.807) is 0 Å². The fourth-order valence-corrected chi connectivity index (χ4v) is 3.25. The molecule has 1 aliphatic rings. The van der Waals surface area contributed by atoms with E-state index in [2.05, 4.69) is 28.7 Å². The molecule has 0 N–H and O–H groups in total. The standard InChI is InChI=1S/C15H19ClN2/c1-2-18-11-12(10-17-8-3-4-9-17)15-13(16)6-5-7-14(15)18/h5-7,11H,2-4,8-10H2,1H3. The summed E-state index contributed by atoms with van der Waals surface area (Å²) in [5.74, 6) is 0. The van der Waals surface area contributed by atoms with E-state index < -0.39 is 0 Å². The van der Waals surface area contributed by atoms with Crippen LogP contribution in [0.1, 0.15) is 25.3 Å². The van der Waals surface area contributed by atoms with E-state index in [0.29, 0.717) is 0 Å². The SMILES string of the molecule is CCn1cc(CN2CCCC2)c2c(Cl)cccc21. The minimum atomic E-state index is 0.883. The zero-order valence-electron chi connectivity index (χ0n) is 10.8. The second-order valence-electron chi connectivity index (χ2n) is 5.06. The predicted molar refractivity (Wildman–Crippen MR) is 77.1 cm³/mol. The molecule has 0 saturated carbocycles. The van der Waals surface area contributed by atoms with Gasteiger partial charge in [0, 0.05) is 30.2 Å². The Morgan fingerprint density at radius 3 is 2.72 bits per heavy atom. The second-order valence-corrected chi connectivity index (χ2v) is 5.46. The van der Waals surface area contributed by atoms with E-state index >= 15 is 0 Å². The van der Waals surface area contributed by atoms with Gasteiger partial charge in [0.25, 0.3) is 0 Å². The van der Waals surface area contributed by atoms with Crippen molar-refractivity contribution in [2.75, 3.05) is 13.1 Å². The molecule has 2 aromatic rings. The Balaban J connectivity index is 2.04. The highest BCUT2D eigenvalue weighted by molar-refractivity contribution is 6.35. The summed E-state index contributed by atoms with van der Waals surface area (Å²) in [6.07, 6.45) is 4.94. The average Bonchev–Trinajstić information content (AvgIpc) is 2.98. The minimum absolute atomic E-state index is 0.883. The fourth-order valence-electron chi connectivity index (χ4n) is 2.96. The molecule has 0 bridgehead atoms. The van der Waals surface area contributed by atoms with Crippen LogP contribution in [0.4, 0.5) is 0 Å². The molecule has 3 heteroatoms. The molecule has 1 saturated heterocycles. The topological polar surface area (TPSA) is 8.17 Å². The normalized spacial score (nSPS) is 16.8. The van der Waals surface area contributed by atoms with Gasteiger partial charge in [0.15, 0.2) is 0 Å². The molecule has 1 aliphatic heterocycles. The maximum atomic E-state index is 6.39. The van der Waals surface area contributed by atoms with Crippen molar-refractivity contribution in [1.29, 1.82) is 0 Å². The summed E-state index contributed by atoms with van der Waals surface area (Å²) in [7, 11) is 0. The number of halogens is 1. The van der Waals surface area contributed by atoms with Crippen LogP contribution in [0.15, 0.2) is 24.4 Å². The molecular formula is C15H19ClN2. The van der Waals surface area contributed by atoms with Crippen molar-refractivity contribution in [1.82, 2.24) is 9.47 Å². The molecule has 0 aliphatic carbocycles. The number of rotatable bonds is 3. The second kappa shape index (κ2) is 4.94. The van der Waals surface area contributed by atoms with Crippen molar-refractivity contribution in [2.45, 2.75) is 32.9 Å². The lowest BCUT2D eigenvalue weighted by atomic mass is 10.1. The lowest BCUT2D eigenvalue weighted by molar-refractivity contribution is 0.332. The van der Waals surface area contributed by atoms with Crippen LogP contribution in [0.5, 0.6) is 0 Å². The first-order valence-electron chi connectivity index (χ1n) is 6.78. The third-order valence-corrected chi connectivity index (χ3v) is 4.18. The van der Waals surface area contributed by atoms with Crippen molar-refractivity contribution >= 4 is 22.5 Å². The summed E-state index contributed by atoms with van der Waals surface area (Å²) >= 11 is 6.39. The lowest BCUT2D eigenvalue weighted by Crippen LogP contribution is -2.18. The summed E-state index contributed by atoms with van der Waals surface area (Å²) < 4.78 is 2.30. The van der Waals surface area contributed by atoms with Crippen LogP contribution in [0, 0.1) is 0 Å². The Kier molecular flexibility index (Phi) is 3.31. The van der Waals surface area contributed by atoms with Crippen LogP contribution < -0.4 is 0 Å². The summed E-state index contributed by atoms with van der Waals surface area (Å²) in [5.41, 5.74) is 2.64. The molecular weight excluding hydrogens is 244 g/mol. The average molecular weight is 263 g/mol. The summed E-state index contributed by atoms with van der Waals surface area (Å²) in [4.78, 5) is 2.53. The van der Waals surface area contributed by atoms with E-state index in [1.807, 2.05) is 12.1 Å². The van der Waals surface area contributed by atoms with Gasteiger partial charge in [0.05, 0.1) is 5.02 Å². The lowest BCUT2D eigenvalue weighted by Gasteiger charge is -2.13. The Morgan fingerprint density at radius 1 is 1.22 bits per heavy atom. The van der Waals surface area contributed by atoms with E-state index in [1.165, 1.54) is 42.4 Å². The molecule has 1 aromatic carbocycles. The number of hydrogen-bond acceptors (Lipinski definition) is 1. The molecule has 18 heavy (non-hydrogen) atoms. The number of nitrogens with zero attached hydrogens (tertiary/aromatic N) is 2. The number of benzene rings is 1. The molecule has 1 fully saturated rings. The van der Waals surface area contributed by atoms with Gasteiger partial charge in [-0.25, -0.2) is 0 Å². The van der Waals surface area contributed by atoms with Crippen LogP contribution in [0.3, 0.4) is 0 Å². The van der Waals surface area contributed by atoms with E-state index in [-0.39, 0.29) is 0 Å². The molecule has 0 amide bonds. The highest BCUT2D eigenvalue weighted by atomic mass is 35.5. The predicted octanol–water partition coefficient (Wildman–Crippen LogP) is 3.91.